The first kappa shape index (κ1) is 16.1. The minimum atomic E-state index is 0.00185. The van der Waals surface area contributed by atoms with E-state index in [1.807, 2.05) is 41.0 Å². The molecule has 26 heavy (non-hydrogen) atoms. The highest BCUT2D eigenvalue weighted by atomic mass is 16.5. The van der Waals surface area contributed by atoms with Gasteiger partial charge in [0.05, 0.1) is 13.0 Å². The second kappa shape index (κ2) is 7.23. The van der Waals surface area contributed by atoms with Crippen molar-refractivity contribution < 1.29 is 4.74 Å². The molecule has 0 aliphatic rings. The number of hydrogen-bond donors (Lipinski definition) is 0. The topological polar surface area (TPSA) is 39.9 Å². The van der Waals surface area contributed by atoms with Gasteiger partial charge in [-0.25, -0.2) is 0 Å². The van der Waals surface area contributed by atoms with Crippen LogP contribution in [0.1, 0.15) is 22.9 Å². The molecule has 0 saturated carbocycles. The SMILES string of the molecule is COc1ccc(-n2cnnc2C(c2ccccc2)c2ccccc2)cc1. The standard InChI is InChI=1S/C22H19N3O/c1-26-20-14-12-19(13-15-20)25-16-23-24-22(25)21(17-8-4-2-5-9-17)18-10-6-3-7-11-18/h2-16,21H,1H3. The summed E-state index contributed by atoms with van der Waals surface area (Å²) in [7, 11) is 1.67. The van der Waals surface area contributed by atoms with Crippen LogP contribution in [0, 0.1) is 0 Å². The molecule has 0 fully saturated rings. The van der Waals surface area contributed by atoms with Crippen molar-refractivity contribution in [2.24, 2.45) is 0 Å². The summed E-state index contributed by atoms with van der Waals surface area (Å²) in [6, 6.07) is 28.7. The predicted octanol–water partition coefficient (Wildman–Crippen LogP) is 4.46. The zero-order chi connectivity index (χ0) is 17.8. The van der Waals surface area contributed by atoms with Crippen molar-refractivity contribution in [3.05, 3.63) is 108 Å². The van der Waals surface area contributed by atoms with Gasteiger partial charge in [-0.05, 0) is 35.4 Å². The molecule has 0 atom stereocenters. The minimum absolute atomic E-state index is 0.00185. The zero-order valence-electron chi connectivity index (χ0n) is 14.5. The van der Waals surface area contributed by atoms with E-state index < -0.39 is 0 Å². The zero-order valence-corrected chi connectivity index (χ0v) is 14.5. The Balaban J connectivity index is 1.84. The van der Waals surface area contributed by atoms with Crippen molar-refractivity contribution in [3.8, 4) is 11.4 Å². The third-order valence-electron chi connectivity index (χ3n) is 4.45. The molecule has 4 nitrogen and oxygen atoms in total. The fourth-order valence-corrected chi connectivity index (χ4v) is 3.16. The van der Waals surface area contributed by atoms with E-state index >= 15 is 0 Å². The summed E-state index contributed by atoms with van der Waals surface area (Å²) in [5.41, 5.74) is 3.37. The van der Waals surface area contributed by atoms with Crippen molar-refractivity contribution >= 4 is 0 Å². The van der Waals surface area contributed by atoms with Gasteiger partial charge in [0.2, 0.25) is 0 Å². The van der Waals surface area contributed by atoms with Crippen molar-refractivity contribution in [1.29, 1.82) is 0 Å². The summed E-state index contributed by atoms with van der Waals surface area (Å²) >= 11 is 0. The quantitative estimate of drug-likeness (QED) is 0.538. The van der Waals surface area contributed by atoms with Crippen LogP contribution in [-0.4, -0.2) is 21.9 Å². The lowest BCUT2D eigenvalue weighted by Gasteiger charge is -2.18. The number of nitrogens with zero attached hydrogens (tertiary/aromatic N) is 3. The molecular weight excluding hydrogens is 322 g/mol. The first-order valence-corrected chi connectivity index (χ1v) is 8.51. The number of benzene rings is 3. The Morgan fingerprint density at radius 1 is 0.769 bits per heavy atom. The number of methoxy groups -OCH3 is 1. The molecule has 0 radical (unpaired) electrons. The molecule has 0 spiro atoms. The van der Waals surface area contributed by atoms with E-state index in [1.165, 1.54) is 11.1 Å². The number of rotatable bonds is 5. The monoisotopic (exact) mass is 341 g/mol. The van der Waals surface area contributed by atoms with Crippen LogP contribution in [-0.2, 0) is 0 Å². The molecule has 4 rings (SSSR count). The van der Waals surface area contributed by atoms with Gasteiger partial charge in [-0.1, -0.05) is 60.7 Å². The lowest BCUT2D eigenvalue weighted by atomic mass is 9.90. The first-order chi connectivity index (χ1) is 12.9. The van der Waals surface area contributed by atoms with Crippen LogP contribution in [0.15, 0.2) is 91.3 Å². The first-order valence-electron chi connectivity index (χ1n) is 8.51. The van der Waals surface area contributed by atoms with Gasteiger partial charge in [0.1, 0.15) is 17.9 Å². The summed E-state index contributed by atoms with van der Waals surface area (Å²) in [6.07, 6.45) is 1.76. The van der Waals surface area contributed by atoms with Crippen LogP contribution in [0.2, 0.25) is 0 Å². The highest BCUT2D eigenvalue weighted by molar-refractivity contribution is 5.43. The van der Waals surface area contributed by atoms with Gasteiger partial charge in [-0.15, -0.1) is 10.2 Å². The van der Waals surface area contributed by atoms with Gasteiger partial charge in [0.15, 0.2) is 0 Å². The molecule has 0 aliphatic heterocycles. The summed E-state index contributed by atoms with van der Waals surface area (Å²) in [6.45, 7) is 0. The van der Waals surface area contributed by atoms with Crippen molar-refractivity contribution in [2.45, 2.75) is 5.92 Å². The Morgan fingerprint density at radius 3 is 1.88 bits per heavy atom. The van der Waals surface area contributed by atoms with E-state index in [4.69, 9.17) is 4.74 Å². The van der Waals surface area contributed by atoms with Crippen molar-refractivity contribution in [1.82, 2.24) is 14.8 Å². The molecule has 1 aromatic heterocycles. The molecule has 4 aromatic rings. The van der Waals surface area contributed by atoms with Gasteiger partial charge >= 0.3 is 0 Å². The lowest BCUT2D eigenvalue weighted by Crippen LogP contribution is -2.10. The molecular formula is C22H19N3O. The number of ether oxygens (including phenoxy) is 1. The molecule has 0 amide bonds. The highest BCUT2D eigenvalue weighted by Crippen LogP contribution is 2.31. The van der Waals surface area contributed by atoms with Gasteiger partial charge < -0.3 is 4.74 Å². The Bertz CT molecular complexity index is 924. The highest BCUT2D eigenvalue weighted by Gasteiger charge is 2.22. The van der Waals surface area contributed by atoms with Gasteiger partial charge in [0, 0.05) is 5.69 Å². The van der Waals surface area contributed by atoms with Gasteiger partial charge in [0.25, 0.3) is 0 Å². The molecule has 128 valence electrons. The van der Waals surface area contributed by atoms with Gasteiger partial charge in [-0.3, -0.25) is 4.57 Å². The van der Waals surface area contributed by atoms with Gasteiger partial charge in [-0.2, -0.15) is 0 Å². The van der Waals surface area contributed by atoms with Crippen LogP contribution in [0.5, 0.6) is 5.75 Å². The maximum absolute atomic E-state index is 5.26. The van der Waals surface area contributed by atoms with E-state index in [1.54, 1.807) is 13.4 Å². The minimum Gasteiger partial charge on any atom is -0.497 e. The van der Waals surface area contributed by atoms with Crippen LogP contribution < -0.4 is 4.74 Å². The second-order valence-corrected chi connectivity index (χ2v) is 6.01. The van der Waals surface area contributed by atoms with Crippen LogP contribution >= 0.6 is 0 Å². The lowest BCUT2D eigenvalue weighted by molar-refractivity contribution is 0.414. The third-order valence-corrected chi connectivity index (χ3v) is 4.45. The summed E-state index contributed by atoms with van der Waals surface area (Å²) in [4.78, 5) is 0. The predicted molar refractivity (Wildman–Crippen MR) is 102 cm³/mol. The Kier molecular flexibility index (Phi) is 4.48. The Hall–Kier alpha value is -3.40. The van der Waals surface area contributed by atoms with Crippen LogP contribution in [0.25, 0.3) is 5.69 Å². The summed E-state index contributed by atoms with van der Waals surface area (Å²) in [5, 5.41) is 8.66. The molecule has 0 N–H and O–H groups in total. The van der Waals surface area contributed by atoms with E-state index in [0.29, 0.717) is 0 Å². The summed E-state index contributed by atoms with van der Waals surface area (Å²) < 4.78 is 7.29. The molecule has 0 unspecified atom stereocenters. The second-order valence-electron chi connectivity index (χ2n) is 6.01. The maximum Gasteiger partial charge on any atom is 0.149 e. The fraction of sp³-hybridized carbons (Fsp3) is 0.0909. The molecule has 0 saturated heterocycles. The number of aromatic nitrogens is 3. The number of hydrogen-bond acceptors (Lipinski definition) is 3. The Morgan fingerprint density at radius 2 is 1.35 bits per heavy atom. The third kappa shape index (κ3) is 3.09. The van der Waals surface area contributed by atoms with E-state index in [-0.39, 0.29) is 5.92 Å². The van der Waals surface area contributed by atoms with E-state index in [9.17, 15) is 0 Å². The smallest absolute Gasteiger partial charge is 0.149 e. The molecule has 0 aliphatic carbocycles. The largest absolute Gasteiger partial charge is 0.497 e. The average molecular weight is 341 g/mol. The van der Waals surface area contributed by atoms with Crippen LogP contribution in [0.3, 0.4) is 0 Å². The van der Waals surface area contributed by atoms with Crippen molar-refractivity contribution in [3.63, 3.8) is 0 Å². The van der Waals surface area contributed by atoms with E-state index in [0.717, 1.165) is 17.3 Å². The fourth-order valence-electron chi connectivity index (χ4n) is 3.16. The molecule has 3 aromatic carbocycles. The van der Waals surface area contributed by atoms with Crippen molar-refractivity contribution in [2.75, 3.05) is 7.11 Å². The normalized spacial score (nSPS) is 10.8. The van der Waals surface area contributed by atoms with Crippen LogP contribution in [0.4, 0.5) is 0 Å². The summed E-state index contributed by atoms with van der Waals surface area (Å²) in [5.74, 6) is 1.71. The Labute approximate surface area is 152 Å². The molecule has 0 bridgehead atoms. The molecule has 4 heteroatoms. The average Bonchev–Trinajstić information content (AvgIpc) is 3.19. The molecule has 1 heterocycles. The maximum atomic E-state index is 5.26. The van der Waals surface area contributed by atoms with E-state index in [2.05, 4.69) is 58.7 Å².